The Labute approximate surface area is 317 Å². The van der Waals surface area contributed by atoms with E-state index in [-0.39, 0.29) is 19.2 Å². The van der Waals surface area contributed by atoms with Crippen LogP contribution in [-0.4, -0.2) is 37.0 Å². The van der Waals surface area contributed by atoms with E-state index in [2.05, 4.69) is 86.8 Å². The maximum absolute atomic E-state index is 12.2. The van der Waals surface area contributed by atoms with Crippen LogP contribution in [0.4, 0.5) is 0 Å². The molecule has 0 bridgehead atoms. The fourth-order valence-corrected chi connectivity index (χ4v) is 5.82. The van der Waals surface area contributed by atoms with Gasteiger partial charge in [-0.2, -0.15) is 0 Å². The summed E-state index contributed by atoms with van der Waals surface area (Å²) in [6.07, 6.45) is 59.6. The minimum atomic E-state index is -0.551. The molecule has 4 heteroatoms. The number of ether oxygens (including phenoxy) is 2. The Morgan fingerprint density at radius 3 is 1.33 bits per heavy atom. The number of carbonyl (C=O) groups excluding carboxylic acids is 1. The number of allylic oxidation sites excluding steroid dienone is 12. The van der Waals surface area contributed by atoms with Crippen LogP contribution in [0.3, 0.4) is 0 Å². The van der Waals surface area contributed by atoms with Crippen molar-refractivity contribution in [3.8, 4) is 0 Å². The zero-order chi connectivity index (χ0) is 37.0. The lowest BCUT2D eigenvalue weighted by atomic mass is 10.0. The van der Waals surface area contributed by atoms with Gasteiger partial charge in [0.15, 0.2) is 0 Å². The Kier molecular flexibility index (Phi) is 42.1. The smallest absolute Gasteiger partial charge is 0.306 e. The molecule has 0 radical (unpaired) electrons. The number of hydrogen-bond acceptors (Lipinski definition) is 4. The van der Waals surface area contributed by atoms with Crippen molar-refractivity contribution in [2.24, 2.45) is 0 Å². The first-order chi connectivity index (χ1) is 25.2. The van der Waals surface area contributed by atoms with Crippen LogP contribution >= 0.6 is 0 Å². The number of esters is 1. The van der Waals surface area contributed by atoms with Gasteiger partial charge >= 0.3 is 5.97 Å². The zero-order valence-electron chi connectivity index (χ0n) is 33.6. The average molecular weight is 711 g/mol. The van der Waals surface area contributed by atoms with Crippen molar-refractivity contribution in [2.45, 2.75) is 200 Å². The summed E-state index contributed by atoms with van der Waals surface area (Å²) in [7, 11) is 0. The van der Waals surface area contributed by atoms with E-state index in [4.69, 9.17) is 9.47 Å². The minimum absolute atomic E-state index is 0.186. The molecule has 0 heterocycles. The monoisotopic (exact) mass is 711 g/mol. The molecule has 0 aliphatic rings. The predicted molar refractivity (Wildman–Crippen MR) is 223 cm³/mol. The minimum Gasteiger partial charge on any atom is -0.457 e. The third-order valence-electron chi connectivity index (χ3n) is 9.02. The number of carbonyl (C=O) groups is 1. The molecule has 0 saturated carbocycles. The second-order valence-corrected chi connectivity index (χ2v) is 14.0. The Balaban J connectivity index is 3.48. The van der Waals surface area contributed by atoms with Crippen molar-refractivity contribution < 1.29 is 19.4 Å². The van der Waals surface area contributed by atoms with Crippen LogP contribution in [0.15, 0.2) is 72.9 Å². The van der Waals surface area contributed by atoms with E-state index < -0.39 is 6.10 Å². The Morgan fingerprint density at radius 1 is 0.490 bits per heavy atom. The molecule has 0 saturated heterocycles. The van der Waals surface area contributed by atoms with Gasteiger partial charge in [-0.3, -0.25) is 4.79 Å². The molecule has 0 aromatic carbocycles. The van der Waals surface area contributed by atoms with E-state index in [9.17, 15) is 9.90 Å². The summed E-state index contributed by atoms with van der Waals surface area (Å²) in [5, 5.41) is 9.59. The van der Waals surface area contributed by atoms with E-state index in [1.54, 1.807) is 0 Å². The van der Waals surface area contributed by atoms with Crippen molar-refractivity contribution in [1.82, 2.24) is 0 Å². The summed E-state index contributed by atoms with van der Waals surface area (Å²) in [4.78, 5) is 12.2. The second-order valence-electron chi connectivity index (χ2n) is 14.0. The van der Waals surface area contributed by atoms with E-state index in [1.807, 2.05) is 0 Å². The van der Waals surface area contributed by atoms with Gasteiger partial charge in [0, 0.05) is 13.0 Å². The highest BCUT2D eigenvalue weighted by Gasteiger charge is 2.13. The highest BCUT2D eigenvalue weighted by Crippen LogP contribution is 2.13. The Hall–Kier alpha value is -2.17. The lowest BCUT2D eigenvalue weighted by Gasteiger charge is -2.15. The molecule has 51 heavy (non-hydrogen) atoms. The average Bonchev–Trinajstić information content (AvgIpc) is 3.14. The van der Waals surface area contributed by atoms with Gasteiger partial charge in [0.1, 0.15) is 6.10 Å². The third-order valence-corrected chi connectivity index (χ3v) is 9.02. The normalized spacial score (nSPS) is 13.1. The predicted octanol–water partition coefficient (Wildman–Crippen LogP) is 14.2. The first-order valence-electron chi connectivity index (χ1n) is 21.5. The van der Waals surface area contributed by atoms with Gasteiger partial charge in [0.25, 0.3) is 0 Å². The van der Waals surface area contributed by atoms with Gasteiger partial charge in [-0.05, 0) is 83.5 Å². The fourth-order valence-electron chi connectivity index (χ4n) is 5.82. The topological polar surface area (TPSA) is 55.8 Å². The molecule has 0 fully saturated rings. The van der Waals surface area contributed by atoms with E-state index in [0.29, 0.717) is 13.0 Å². The standard InChI is InChI=1S/C47H82O4/c1-3-5-7-9-11-13-15-17-19-20-21-22-23-24-25-26-27-28-29-30-32-34-36-38-40-42-47(49)51-46(44-48)45-50-43-41-39-37-35-33-31-18-16-14-12-10-8-6-4-2/h6,8,12,14-15,17-18,20-21,23-24,31,46,48H,3-5,7,9-11,13,16,19,22,25-30,32-45H2,1-2H3/b8-6-,14-12-,17-15-,21-20-,24-23-,31-18-. The number of rotatable bonds is 39. The van der Waals surface area contributed by atoms with Crippen molar-refractivity contribution in [1.29, 1.82) is 0 Å². The molecular weight excluding hydrogens is 629 g/mol. The number of unbranched alkanes of at least 4 members (excludes halogenated alkanes) is 19. The first kappa shape index (κ1) is 48.8. The second kappa shape index (κ2) is 44.0. The van der Waals surface area contributed by atoms with Gasteiger partial charge in [-0.15, -0.1) is 0 Å². The largest absolute Gasteiger partial charge is 0.457 e. The molecule has 1 atom stereocenters. The summed E-state index contributed by atoms with van der Waals surface area (Å²) < 4.78 is 11.1. The van der Waals surface area contributed by atoms with Crippen molar-refractivity contribution >= 4 is 5.97 Å². The van der Waals surface area contributed by atoms with Crippen LogP contribution in [-0.2, 0) is 14.3 Å². The van der Waals surface area contributed by atoms with Crippen LogP contribution in [0, 0.1) is 0 Å². The molecule has 0 rings (SSSR count). The summed E-state index contributed by atoms with van der Waals surface area (Å²) >= 11 is 0. The molecule has 0 aliphatic heterocycles. The lowest BCUT2D eigenvalue weighted by Crippen LogP contribution is -2.27. The molecule has 4 nitrogen and oxygen atoms in total. The number of hydrogen-bond donors (Lipinski definition) is 1. The highest BCUT2D eigenvalue weighted by molar-refractivity contribution is 5.69. The van der Waals surface area contributed by atoms with E-state index in [1.165, 1.54) is 109 Å². The number of aliphatic hydroxyl groups is 1. The molecule has 0 aromatic heterocycles. The van der Waals surface area contributed by atoms with Gasteiger partial charge in [-0.25, -0.2) is 0 Å². The fraction of sp³-hybridized carbons (Fsp3) is 0.723. The number of aliphatic hydroxyl groups excluding tert-OH is 1. The zero-order valence-corrected chi connectivity index (χ0v) is 33.6. The molecule has 1 unspecified atom stereocenters. The molecular formula is C47H82O4. The SMILES string of the molecule is CC/C=C\C/C=C\C/C=C\CCCCCCOCC(CO)OC(=O)CCCCCCCCCCCC/C=C\C/C=C\C/C=C\CCCCCCC. The maximum Gasteiger partial charge on any atom is 0.306 e. The van der Waals surface area contributed by atoms with Crippen molar-refractivity contribution in [3.05, 3.63) is 72.9 Å². The quantitative estimate of drug-likeness (QED) is 0.0392. The molecule has 0 amide bonds. The van der Waals surface area contributed by atoms with Gasteiger partial charge in [0.05, 0.1) is 13.2 Å². The first-order valence-corrected chi connectivity index (χ1v) is 21.5. The molecule has 0 spiro atoms. The van der Waals surface area contributed by atoms with Crippen LogP contribution in [0.1, 0.15) is 194 Å². The van der Waals surface area contributed by atoms with Crippen LogP contribution in [0.2, 0.25) is 0 Å². The van der Waals surface area contributed by atoms with E-state index >= 15 is 0 Å². The Morgan fingerprint density at radius 2 is 0.882 bits per heavy atom. The van der Waals surface area contributed by atoms with Crippen LogP contribution in [0.5, 0.6) is 0 Å². The molecule has 294 valence electrons. The summed E-state index contributed by atoms with van der Waals surface area (Å²) in [5.41, 5.74) is 0. The van der Waals surface area contributed by atoms with Crippen LogP contribution in [0.25, 0.3) is 0 Å². The Bertz CT molecular complexity index is 881. The lowest BCUT2D eigenvalue weighted by molar-refractivity contribution is -0.154. The van der Waals surface area contributed by atoms with Gasteiger partial charge in [0.2, 0.25) is 0 Å². The van der Waals surface area contributed by atoms with Gasteiger partial charge in [-0.1, -0.05) is 177 Å². The third kappa shape index (κ3) is 42.1. The van der Waals surface area contributed by atoms with Crippen molar-refractivity contribution in [3.63, 3.8) is 0 Å². The molecule has 1 N–H and O–H groups in total. The highest BCUT2D eigenvalue weighted by atomic mass is 16.6. The summed E-state index contributed by atoms with van der Waals surface area (Å²) in [5.74, 6) is -0.215. The summed E-state index contributed by atoms with van der Waals surface area (Å²) in [6, 6.07) is 0. The molecule has 0 aromatic rings. The van der Waals surface area contributed by atoms with E-state index in [0.717, 1.165) is 64.2 Å². The van der Waals surface area contributed by atoms with Crippen LogP contribution < -0.4 is 0 Å². The van der Waals surface area contributed by atoms with Crippen molar-refractivity contribution in [2.75, 3.05) is 19.8 Å². The maximum atomic E-state index is 12.2. The molecule has 0 aliphatic carbocycles. The van der Waals surface area contributed by atoms with Gasteiger partial charge < -0.3 is 14.6 Å². The summed E-state index contributed by atoms with van der Waals surface area (Å²) in [6.45, 7) is 5.17.